The molecule has 2 fully saturated rings. The van der Waals surface area contributed by atoms with Gasteiger partial charge in [-0.2, -0.15) is 0 Å². The zero-order valence-electron chi connectivity index (χ0n) is 14.9. The number of para-hydroxylation sites is 2. The third-order valence-corrected chi connectivity index (χ3v) is 5.47. The van der Waals surface area contributed by atoms with Crippen molar-refractivity contribution in [1.29, 1.82) is 0 Å². The molecular formula is C19H27N5O. The Kier molecular flexibility index (Phi) is 4.72. The van der Waals surface area contributed by atoms with Gasteiger partial charge < -0.3 is 14.8 Å². The minimum atomic E-state index is 0.0922. The van der Waals surface area contributed by atoms with Gasteiger partial charge in [-0.05, 0) is 51.5 Å². The van der Waals surface area contributed by atoms with Crippen molar-refractivity contribution in [3.8, 4) is 0 Å². The summed E-state index contributed by atoms with van der Waals surface area (Å²) in [7, 11) is 2.16. The number of nitrogens with zero attached hydrogens (tertiary/aromatic N) is 4. The smallest absolute Gasteiger partial charge is 0.237 e. The number of aromatic nitrogens is 2. The molecule has 1 aromatic carbocycles. The summed E-state index contributed by atoms with van der Waals surface area (Å²) in [5, 5.41) is 0. The van der Waals surface area contributed by atoms with Crippen LogP contribution < -0.4 is 0 Å². The summed E-state index contributed by atoms with van der Waals surface area (Å²) in [6.07, 6.45) is 3.18. The molecular weight excluding hydrogens is 314 g/mol. The average Bonchev–Trinajstić information content (AvgIpc) is 3.21. The topological polar surface area (TPSA) is 55.5 Å². The van der Waals surface area contributed by atoms with Crippen LogP contribution in [0, 0.1) is 0 Å². The number of amides is 1. The number of imidazole rings is 1. The monoisotopic (exact) mass is 341 g/mol. The van der Waals surface area contributed by atoms with Gasteiger partial charge in [0.05, 0.1) is 23.6 Å². The van der Waals surface area contributed by atoms with Crippen LogP contribution in [0.2, 0.25) is 0 Å². The molecule has 0 spiro atoms. The van der Waals surface area contributed by atoms with Gasteiger partial charge in [0.2, 0.25) is 5.91 Å². The van der Waals surface area contributed by atoms with Crippen molar-refractivity contribution in [2.24, 2.45) is 0 Å². The van der Waals surface area contributed by atoms with E-state index in [0.29, 0.717) is 6.54 Å². The van der Waals surface area contributed by atoms with E-state index in [1.807, 2.05) is 29.2 Å². The number of hydrogen-bond donors (Lipinski definition) is 1. The summed E-state index contributed by atoms with van der Waals surface area (Å²) >= 11 is 0. The van der Waals surface area contributed by atoms with Gasteiger partial charge in [-0.1, -0.05) is 12.1 Å². The van der Waals surface area contributed by atoms with Crippen LogP contribution in [0.4, 0.5) is 0 Å². The zero-order chi connectivity index (χ0) is 17.2. The predicted octanol–water partition coefficient (Wildman–Crippen LogP) is 1.86. The second kappa shape index (κ2) is 7.14. The molecule has 2 aromatic rings. The minimum Gasteiger partial charge on any atom is -0.340 e. The maximum atomic E-state index is 12.9. The Labute approximate surface area is 148 Å². The van der Waals surface area contributed by atoms with Crippen LogP contribution in [-0.4, -0.2) is 76.9 Å². The zero-order valence-corrected chi connectivity index (χ0v) is 14.9. The number of likely N-dealkylation sites (N-methyl/N-ethyl adjacent to an activating group) is 1. The highest BCUT2D eigenvalue weighted by Crippen LogP contribution is 2.31. The third-order valence-electron chi connectivity index (χ3n) is 5.47. The molecule has 6 nitrogen and oxygen atoms in total. The van der Waals surface area contributed by atoms with E-state index in [-0.39, 0.29) is 11.9 Å². The summed E-state index contributed by atoms with van der Waals surface area (Å²) in [5.74, 6) is 1.18. The van der Waals surface area contributed by atoms with Crippen molar-refractivity contribution in [3.05, 3.63) is 30.1 Å². The molecule has 0 bridgehead atoms. The molecule has 134 valence electrons. The predicted molar refractivity (Wildman–Crippen MR) is 98.3 cm³/mol. The molecule has 1 unspecified atom stereocenters. The number of hydrogen-bond acceptors (Lipinski definition) is 4. The summed E-state index contributed by atoms with van der Waals surface area (Å²) in [6, 6.07) is 8.17. The molecule has 1 N–H and O–H groups in total. The van der Waals surface area contributed by atoms with Crippen molar-refractivity contribution >= 4 is 16.9 Å². The Bertz CT molecular complexity index is 709. The fourth-order valence-electron chi connectivity index (χ4n) is 4.02. The lowest BCUT2D eigenvalue weighted by atomic mass is 10.2. The standard InChI is InChI=1S/C19H27N5O/c1-22-9-5-10-23(13-12-22)14-18(25)24-11-4-8-17(24)19-20-15-6-2-3-7-16(15)21-19/h2-3,6-7,17H,4-5,8-14H2,1H3,(H,20,21). The van der Waals surface area contributed by atoms with Crippen LogP contribution in [0.1, 0.15) is 31.1 Å². The molecule has 1 amide bonds. The van der Waals surface area contributed by atoms with Crippen molar-refractivity contribution < 1.29 is 4.79 Å². The van der Waals surface area contributed by atoms with Crippen molar-refractivity contribution in [1.82, 2.24) is 24.7 Å². The van der Waals surface area contributed by atoms with Gasteiger partial charge in [-0.15, -0.1) is 0 Å². The molecule has 6 heteroatoms. The molecule has 1 atom stereocenters. The van der Waals surface area contributed by atoms with E-state index in [9.17, 15) is 4.79 Å². The number of carbonyl (C=O) groups excluding carboxylic acids is 1. The van der Waals surface area contributed by atoms with Crippen LogP contribution in [0.25, 0.3) is 11.0 Å². The van der Waals surface area contributed by atoms with Crippen LogP contribution >= 0.6 is 0 Å². The minimum absolute atomic E-state index is 0.0922. The number of fused-ring (bicyclic) bond motifs is 1. The van der Waals surface area contributed by atoms with E-state index in [2.05, 4.69) is 21.8 Å². The van der Waals surface area contributed by atoms with Crippen molar-refractivity contribution in [2.75, 3.05) is 46.3 Å². The molecule has 0 aliphatic carbocycles. The first-order valence-corrected chi connectivity index (χ1v) is 9.36. The fraction of sp³-hybridized carbons (Fsp3) is 0.579. The van der Waals surface area contributed by atoms with Gasteiger partial charge in [0.15, 0.2) is 0 Å². The van der Waals surface area contributed by atoms with E-state index in [1.165, 1.54) is 0 Å². The highest BCUT2D eigenvalue weighted by atomic mass is 16.2. The Morgan fingerprint density at radius 3 is 2.92 bits per heavy atom. The second-order valence-corrected chi connectivity index (χ2v) is 7.32. The van der Waals surface area contributed by atoms with Gasteiger partial charge in [0.25, 0.3) is 0 Å². The summed E-state index contributed by atoms with van der Waals surface area (Å²) in [4.78, 5) is 27.8. The molecule has 0 saturated carbocycles. The molecule has 4 rings (SSSR count). The third kappa shape index (κ3) is 3.55. The number of carbonyl (C=O) groups is 1. The highest BCUT2D eigenvalue weighted by Gasteiger charge is 2.32. The number of H-pyrrole nitrogens is 1. The summed E-state index contributed by atoms with van der Waals surface area (Å²) in [6.45, 7) is 5.53. The summed E-state index contributed by atoms with van der Waals surface area (Å²) in [5.41, 5.74) is 2.03. The van der Waals surface area contributed by atoms with Gasteiger partial charge in [-0.3, -0.25) is 9.69 Å². The van der Waals surface area contributed by atoms with Gasteiger partial charge in [0.1, 0.15) is 5.82 Å². The van der Waals surface area contributed by atoms with Crippen molar-refractivity contribution in [3.63, 3.8) is 0 Å². The van der Waals surface area contributed by atoms with Crippen LogP contribution in [-0.2, 0) is 4.79 Å². The molecule has 3 heterocycles. The SMILES string of the molecule is CN1CCCN(CC(=O)N2CCCC2c2nc3ccccc3[nH]2)CC1. The summed E-state index contributed by atoms with van der Waals surface area (Å²) < 4.78 is 0. The number of benzene rings is 1. The van der Waals surface area contributed by atoms with E-state index < -0.39 is 0 Å². The maximum Gasteiger partial charge on any atom is 0.237 e. The molecule has 1 aromatic heterocycles. The van der Waals surface area contributed by atoms with Crippen molar-refractivity contribution in [2.45, 2.75) is 25.3 Å². The number of aromatic amines is 1. The van der Waals surface area contributed by atoms with E-state index in [1.54, 1.807) is 0 Å². The maximum absolute atomic E-state index is 12.9. The lowest BCUT2D eigenvalue weighted by molar-refractivity contribution is -0.133. The van der Waals surface area contributed by atoms with Gasteiger partial charge in [0, 0.05) is 19.6 Å². The van der Waals surface area contributed by atoms with Gasteiger partial charge >= 0.3 is 0 Å². The molecule has 2 saturated heterocycles. The quantitative estimate of drug-likeness (QED) is 0.926. The van der Waals surface area contributed by atoms with Crippen LogP contribution in [0.5, 0.6) is 0 Å². The van der Waals surface area contributed by atoms with Crippen LogP contribution in [0.15, 0.2) is 24.3 Å². The largest absolute Gasteiger partial charge is 0.340 e. The Balaban J connectivity index is 1.46. The first kappa shape index (κ1) is 16.5. The second-order valence-electron chi connectivity index (χ2n) is 7.32. The van der Waals surface area contributed by atoms with E-state index >= 15 is 0 Å². The Hall–Kier alpha value is -1.92. The first-order valence-electron chi connectivity index (χ1n) is 9.36. The molecule has 2 aliphatic heterocycles. The number of likely N-dealkylation sites (tertiary alicyclic amines) is 1. The molecule has 25 heavy (non-hydrogen) atoms. The first-order chi connectivity index (χ1) is 12.2. The fourth-order valence-corrected chi connectivity index (χ4v) is 4.02. The molecule has 0 radical (unpaired) electrons. The normalized spacial score (nSPS) is 23.2. The highest BCUT2D eigenvalue weighted by molar-refractivity contribution is 5.79. The van der Waals surface area contributed by atoms with E-state index in [0.717, 1.165) is 68.8 Å². The number of nitrogens with one attached hydrogen (secondary N) is 1. The van der Waals surface area contributed by atoms with E-state index in [4.69, 9.17) is 4.98 Å². The Morgan fingerprint density at radius 2 is 2.04 bits per heavy atom. The lowest BCUT2D eigenvalue weighted by Crippen LogP contribution is -2.41. The lowest BCUT2D eigenvalue weighted by Gasteiger charge is -2.27. The number of rotatable bonds is 3. The average molecular weight is 341 g/mol. The van der Waals surface area contributed by atoms with Gasteiger partial charge in [-0.25, -0.2) is 4.98 Å². The Morgan fingerprint density at radius 1 is 1.16 bits per heavy atom. The van der Waals surface area contributed by atoms with Crippen LogP contribution in [0.3, 0.4) is 0 Å². The molecule has 2 aliphatic rings.